The average Bonchev–Trinajstić information content (AvgIpc) is 1.63. The average molecular weight is 1620 g/mol. The lowest BCUT2D eigenvalue weighted by Gasteiger charge is -2.19. The molecule has 4 aromatic rings. The number of carbonyl (C=O) groups is 21. The minimum atomic E-state index is -2.12. The number of nitrogens with one attached hydrogen (secondary N) is 11. The van der Waals surface area contributed by atoms with Crippen LogP contribution in [0.4, 0.5) is 15.9 Å². The number of fused-ring (bicyclic) bond motifs is 1. The number of hydrogen-bond acceptors (Lipinski definition) is 23. The lowest BCUT2D eigenvalue weighted by Crippen LogP contribution is -2.50. The number of aliphatic carboxylic acids is 10. The first-order valence-electron chi connectivity index (χ1n) is 34.9. The number of aromatic nitrogens is 2. The monoisotopic (exact) mass is 1620 g/mol. The fraction of sp³-hybridized carbons (Fsp3) is 0.429. The molecule has 0 fully saturated rings. The van der Waals surface area contributed by atoms with Crippen LogP contribution in [0, 0.1) is 18.7 Å². The molecule has 0 saturated carbocycles. The Kier molecular flexibility index (Phi) is 36.9. The van der Waals surface area contributed by atoms with Crippen molar-refractivity contribution in [3.8, 4) is 11.1 Å². The molecule has 23 N–H and O–H groups in total. The van der Waals surface area contributed by atoms with Gasteiger partial charge in [0.15, 0.2) is 11.7 Å². The van der Waals surface area contributed by atoms with Crippen molar-refractivity contribution in [1.82, 2.24) is 52.7 Å². The summed E-state index contributed by atoms with van der Waals surface area (Å²) >= 11 is 0. The fourth-order valence-corrected chi connectivity index (χ4v) is 10.9. The van der Waals surface area contributed by atoms with E-state index in [9.17, 15) is 146 Å². The number of carboxylic acid groups (broad SMARTS) is 10. The summed E-state index contributed by atoms with van der Waals surface area (Å²) in [4.78, 5) is 259. The maximum absolute atomic E-state index is 14.3. The molecule has 0 radical (unpaired) electrons. The summed E-state index contributed by atoms with van der Waals surface area (Å²) in [5.41, 5.74) is 9.07. The fourth-order valence-electron chi connectivity index (χ4n) is 10.9. The summed E-state index contributed by atoms with van der Waals surface area (Å²) in [5.74, 6) is -31.3. The molecular weight excluding hydrogens is 1540 g/mol. The van der Waals surface area contributed by atoms with Crippen LogP contribution in [-0.2, 0) is 107 Å². The number of anilines is 2. The van der Waals surface area contributed by atoms with Gasteiger partial charge >= 0.3 is 59.7 Å². The molecule has 1 heterocycles. The number of rotatable bonds is 52. The van der Waals surface area contributed by atoms with E-state index in [1.54, 1.807) is 61.5 Å². The first kappa shape index (κ1) is 93.5. The highest BCUT2D eigenvalue weighted by molar-refractivity contribution is 6.08. The minimum Gasteiger partial charge on any atom is -0.481 e. The molecule has 0 spiro atoms. The summed E-state index contributed by atoms with van der Waals surface area (Å²) in [7, 11) is 0. The zero-order valence-corrected chi connectivity index (χ0v) is 60.9. The van der Waals surface area contributed by atoms with E-state index in [2.05, 4.69) is 31.5 Å². The minimum absolute atomic E-state index is 0.0219. The van der Waals surface area contributed by atoms with Crippen LogP contribution in [0.5, 0.6) is 0 Å². The van der Waals surface area contributed by atoms with Gasteiger partial charge in [0.2, 0.25) is 59.1 Å². The maximum Gasteiger partial charge on any atom is 0.326 e. The highest BCUT2D eigenvalue weighted by atomic mass is 19.1. The highest BCUT2D eigenvalue weighted by Crippen LogP contribution is 2.33. The van der Waals surface area contributed by atoms with Gasteiger partial charge in [-0.05, 0) is 99.2 Å². The van der Waals surface area contributed by atoms with E-state index in [4.69, 9.17) is 15.9 Å². The van der Waals surface area contributed by atoms with Gasteiger partial charge in [-0.25, -0.2) is 42.7 Å². The molecule has 9 atom stereocenters. The quantitative estimate of drug-likeness (QED) is 0.0214. The van der Waals surface area contributed by atoms with Crippen LogP contribution >= 0.6 is 0 Å². The Morgan fingerprint density at radius 1 is 0.391 bits per heavy atom. The van der Waals surface area contributed by atoms with Crippen molar-refractivity contribution >= 4 is 147 Å². The Bertz CT molecular complexity index is 4350. The predicted molar refractivity (Wildman–Crippen MR) is 385 cm³/mol. The number of halogens is 1. The Balaban J connectivity index is 1.18. The normalized spacial score (nSPS) is 13.3. The number of amides is 10. The summed E-state index contributed by atoms with van der Waals surface area (Å²) in [6.07, 6.45) is -13.6. The molecular formula is C70H84FN13O31. The number of H-pyrrole nitrogens is 1. The number of hydrogen-bond donors (Lipinski definition) is 22. The number of carboxylic acids is 10. The SMILES string of the molecule is Cc1ccc(F)c(CC(=O)Nc2ccc(-c3cccc4[nH]nc(NC(=O)C[C@H](N)C(=O)N[C@@H](CCC(=O)N[C@@H](CCC(=O)N[C@@H](CCC(=O)N[C@@H](CCC(=O)N[C@@H](CCC(=O)N[C@@H](CCC(=O)N[C@@H](CCC(=O)N[C@@H](CCC(=O)CC(C(=O)O)C(=O)O)C(=O)O)C(=O)O)C(=O)O)C(=O)O)C(=O)O)C(=O)O)C(=O)O)C(=O)O)c34)cc2)c1. The molecule has 3 aromatic carbocycles. The second kappa shape index (κ2) is 45.4. The molecule has 4 rings (SSSR count). The first-order valence-corrected chi connectivity index (χ1v) is 34.9. The summed E-state index contributed by atoms with van der Waals surface area (Å²) in [5, 5.41) is 125. The van der Waals surface area contributed by atoms with Gasteiger partial charge in [0.25, 0.3) is 0 Å². The Morgan fingerprint density at radius 3 is 1.07 bits per heavy atom. The van der Waals surface area contributed by atoms with Gasteiger partial charge in [0.05, 0.1) is 29.8 Å². The smallest absolute Gasteiger partial charge is 0.326 e. The van der Waals surface area contributed by atoms with Crippen LogP contribution in [0.1, 0.15) is 127 Å². The van der Waals surface area contributed by atoms with Crippen molar-refractivity contribution in [2.75, 3.05) is 10.6 Å². The second-order valence-corrected chi connectivity index (χ2v) is 25.9. The molecule has 0 bridgehead atoms. The molecule has 10 amide bonds. The van der Waals surface area contributed by atoms with E-state index in [1.807, 2.05) is 31.9 Å². The molecule has 0 unspecified atom stereocenters. The molecule has 115 heavy (non-hydrogen) atoms. The summed E-state index contributed by atoms with van der Waals surface area (Å²) in [6, 6.07) is -0.385. The van der Waals surface area contributed by atoms with Crippen molar-refractivity contribution in [3.63, 3.8) is 0 Å². The van der Waals surface area contributed by atoms with Crippen molar-refractivity contribution in [3.05, 3.63) is 77.6 Å². The standard InChI is InChI=1S/C70H84FN13O31/c1-31-5-11-38(71)33(27-31)28-56(93)73-34-8-6-32(7-9-34)36-3-2-4-40-58(36)59(84-83-40)82-57(94)30-39(72)60(95)81-48(70(114)115)19-26-55(92)80-47(69(112)113)18-25-54(91)79-46(68(110)111)17-24-53(90)78-45(67(108)109)16-23-52(89)77-44(66(106)107)15-22-51(88)76-43(65(104)105)14-21-50(87)75-42(64(102)103)13-20-49(86)74-41(63(100)101)12-10-35(85)29-37(61(96)97)62(98)99/h2-9,11,27,37,39,41-48H,10,12-26,28-30,72H2,1H3,(H,73,93)(H,74,86)(H,75,87)(H,76,88)(H,77,89)(H,78,90)(H,79,91)(H,80,92)(H,81,95)(H,96,97)(H,98,99)(H,100,101)(H,102,103)(H,104,105)(H,106,107)(H,108,109)(H,110,111)(H,112,113)(H,114,115)(H2,82,83,84,94)/t39-,41-,42-,43-,44-,45-,46-,47-,48-/m0/s1. The first-order chi connectivity index (χ1) is 54.0. The van der Waals surface area contributed by atoms with Gasteiger partial charge < -0.3 is 110 Å². The van der Waals surface area contributed by atoms with Crippen LogP contribution < -0.4 is 58.9 Å². The number of aryl methyl sites for hydroxylation is 1. The van der Waals surface area contributed by atoms with Crippen molar-refractivity contribution in [2.45, 2.75) is 183 Å². The molecule has 0 aliphatic carbocycles. The van der Waals surface area contributed by atoms with E-state index < -0.39 is 306 Å². The third kappa shape index (κ3) is 32.5. The van der Waals surface area contributed by atoms with Gasteiger partial charge in [-0.2, -0.15) is 5.10 Å². The molecule has 0 saturated heterocycles. The van der Waals surface area contributed by atoms with Crippen LogP contribution in [0.3, 0.4) is 0 Å². The number of carbonyl (C=O) groups excluding carboxylic acids is 11. The zero-order valence-electron chi connectivity index (χ0n) is 60.9. The van der Waals surface area contributed by atoms with Crippen molar-refractivity contribution in [1.29, 1.82) is 0 Å². The van der Waals surface area contributed by atoms with E-state index in [1.165, 1.54) is 6.07 Å². The number of aromatic amines is 1. The number of benzene rings is 3. The molecule has 0 aliphatic heterocycles. The van der Waals surface area contributed by atoms with Crippen LogP contribution in [0.25, 0.3) is 22.0 Å². The van der Waals surface area contributed by atoms with Gasteiger partial charge in [-0.3, -0.25) is 67.4 Å². The predicted octanol–water partition coefficient (Wildman–Crippen LogP) is -1.94. The highest BCUT2D eigenvalue weighted by Gasteiger charge is 2.34. The Hall–Kier alpha value is -13.9. The Labute approximate surface area is 648 Å². The van der Waals surface area contributed by atoms with Crippen LogP contribution in [0.2, 0.25) is 0 Å². The van der Waals surface area contributed by atoms with E-state index in [-0.39, 0.29) is 17.8 Å². The number of Topliss-reactive ketones (excluding diaryl/α,β-unsaturated/α-hetero) is 1. The Morgan fingerprint density at radius 2 is 0.730 bits per heavy atom. The second-order valence-electron chi connectivity index (χ2n) is 25.9. The largest absolute Gasteiger partial charge is 0.481 e. The molecule has 1 aromatic heterocycles. The van der Waals surface area contributed by atoms with Crippen molar-refractivity contribution in [2.24, 2.45) is 11.7 Å². The topological polar surface area (TPSA) is 736 Å². The third-order valence-electron chi connectivity index (χ3n) is 17.0. The van der Waals surface area contributed by atoms with Gasteiger partial charge in [0.1, 0.15) is 59.9 Å². The van der Waals surface area contributed by atoms with E-state index >= 15 is 0 Å². The van der Waals surface area contributed by atoms with E-state index in [0.717, 1.165) is 5.56 Å². The van der Waals surface area contributed by atoms with Crippen LogP contribution in [0.15, 0.2) is 60.7 Å². The van der Waals surface area contributed by atoms with Gasteiger partial charge in [-0.1, -0.05) is 42.0 Å². The molecule has 44 nitrogen and oxygen atoms in total. The van der Waals surface area contributed by atoms with Gasteiger partial charge in [-0.15, -0.1) is 0 Å². The van der Waals surface area contributed by atoms with Crippen molar-refractivity contribution < 1.29 is 156 Å². The molecule has 45 heteroatoms. The summed E-state index contributed by atoms with van der Waals surface area (Å²) in [6.45, 7) is 1.77. The number of nitrogens with two attached hydrogens (primary N) is 1. The number of nitrogens with zero attached hydrogens (tertiary/aromatic N) is 1. The summed E-state index contributed by atoms with van der Waals surface area (Å²) < 4.78 is 14.3. The zero-order chi connectivity index (χ0) is 86.1. The molecule has 0 aliphatic rings. The lowest BCUT2D eigenvalue weighted by atomic mass is 9.98. The van der Waals surface area contributed by atoms with Gasteiger partial charge in [0, 0.05) is 63.5 Å². The number of ketones is 1. The van der Waals surface area contributed by atoms with E-state index in [0.29, 0.717) is 27.7 Å². The van der Waals surface area contributed by atoms with Crippen LogP contribution in [-0.4, -0.2) is 240 Å². The third-order valence-corrected chi connectivity index (χ3v) is 17.0. The lowest BCUT2D eigenvalue weighted by molar-refractivity contribution is -0.156. The molecule has 622 valence electrons. The maximum atomic E-state index is 14.3.